The average molecular weight is 607 g/mol. The van der Waals surface area contributed by atoms with E-state index in [9.17, 15) is 19.5 Å². The zero-order valence-electron chi connectivity index (χ0n) is 25.8. The summed E-state index contributed by atoms with van der Waals surface area (Å²) in [6.07, 6.45) is 3.53. The molecular formula is C31H39BN4O6S. The van der Waals surface area contributed by atoms with Gasteiger partial charge in [-0.15, -0.1) is 11.3 Å². The van der Waals surface area contributed by atoms with E-state index in [0.717, 1.165) is 21.5 Å². The van der Waals surface area contributed by atoms with Crippen molar-refractivity contribution in [1.82, 2.24) is 20.6 Å². The fourth-order valence-corrected chi connectivity index (χ4v) is 5.26. The summed E-state index contributed by atoms with van der Waals surface area (Å²) in [5, 5.41) is 14.5. The van der Waals surface area contributed by atoms with Crippen LogP contribution in [0.15, 0.2) is 48.8 Å². The first-order chi connectivity index (χ1) is 20.0. The van der Waals surface area contributed by atoms with Crippen LogP contribution in [0.4, 0.5) is 0 Å². The lowest BCUT2D eigenvalue weighted by Gasteiger charge is -2.32. The number of carboxylic acids is 1. The number of nitrogens with zero attached hydrogens (tertiary/aromatic N) is 2. The van der Waals surface area contributed by atoms with Gasteiger partial charge in [-0.1, -0.05) is 45.0 Å². The van der Waals surface area contributed by atoms with Crippen molar-refractivity contribution in [2.24, 2.45) is 0 Å². The normalized spacial score (nSPS) is 17.3. The number of aromatic nitrogens is 2. The van der Waals surface area contributed by atoms with Gasteiger partial charge in [0.15, 0.2) is 5.82 Å². The van der Waals surface area contributed by atoms with Crippen LogP contribution in [0.3, 0.4) is 0 Å². The maximum absolute atomic E-state index is 13.1. The molecule has 1 aliphatic heterocycles. The number of rotatable bonds is 9. The maximum atomic E-state index is 13.1. The van der Waals surface area contributed by atoms with Crippen LogP contribution in [-0.4, -0.2) is 63.3 Å². The molecule has 3 N–H and O–H groups in total. The topological polar surface area (TPSA) is 140 Å². The quantitative estimate of drug-likeness (QED) is 0.313. The number of aliphatic carboxylic acids is 1. The van der Waals surface area contributed by atoms with Crippen molar-refractivity contribution in [3.63, 3.8) is 0 Å². The molecule has 2 aromatic heterocycles. The van der Waals surface area contributed by atoms with Gasteiger partial charge in [0.1, 0.15) is 12.1 Å². The van der Waals surface area contributed by atoms with Gasteiger partial charge in [0.25, 0.3) is 5.91 Å². The molecule has 0 unspecified atom stereocenters. The Hall–Kier alpha value is -3.61. The van der Waals surface area contributed by atoms with Gasteiger partial charge in [-0.25, -0.2) is 9.97 Å². The van der Waals surface area contributed by atoms with E-state index in [1.165, 1.54) is 18.3 Å². The van der Waals surface area contributed by atoms with E-state index in [1.807, 2.05) is 58.0 Å². The molecule has 3 heterocycles. The second-order valence-electron chi connectivity index (χ2n) is 12.8. The monoisotopic (exact) mass is 606 g/mol. The Bertz CT molecular complexity index is 1470. The fraction of sp³-hybridized carbons (Fsp3) is 0.452. The van der Waals surface area contributed by atoms with Gasteiger partial charge in [0.05, 0.1) is 16.1 Å². The summed E-state index contributed by atoms with van der Waals surface area (Å²) in [5.41, 5.74) is 1.20. The Balaban J connectivity index is 1.48. The van der Waals surface area contributed by atoms with Crippen LogP contribution < -0.4 is 16.1 Å². The first-order valence-corrected chi connectivity index (χ1v) is 15.0. The molecule has 0 radical (unpaired) electrons. The molecule has 0 aliphatic carbocycles. The number of carbonyl (C=O) groups is 3. The predicted molar refractivity (Wildman–Crippen MR) is 166 cm³/mol. The highest BCUT2D eigenvalue weighted by atomic mass is 32.1. The second kappa shape index (κ2) is 12.2. The predicted octanol–water partition coefficient (Wildman–Crippen LogP) is 3.73. The van der Waals surface area contributed by atoms with Gasteiger partial charge in [0, 0.05) is 34.7 Å². The number of carboxylic acid groups (broad SMARTS) is 1. The summed E-state index contributed by atoms with van der Waals surface area (Å²) in [5.74, 6) is -1.63. The molecule has 1 fully saturated rings. The van der Waals surface area contributed by atoms with E-state index in [4.69, 9.17) is 9.31 Å². The van der Waals surface area contributed by atoms with Crippen LogP contribution in [0.1, 0.15) is 75.5 Å². The minimum Gasteiger partial charge on any atom is -0.480 e. The molecule has 2 atom stereocenters. The third-order valence-corrected chi connectivity index (χ3v) is 9.28. The van der Waals surface area contributed by atoms with Gasteiger partial charge < -0.3 is 25.0 Å². The lowest BCUT2D eigenvalue weighted by molar-refractivity contribution is -0.141. The van der Waals surface area contributed by atoms with Crippen molar-refractivity contribution in [2.45, 2.75) is 90.5 Å². The fourth-order valence-electron chi connectivity index (χ4n) is 4.29. The van der Waals surface area contributed by atoms with E-state index >= 15 is 0 Å². The third kappa shape index (κ3) is 7.49. The Morgan fingerprint density at radius 2 is 1.53 bits per heavy atom. The number of amides is 2. The van der Waals surface area contributed by atoms with Gasteiger partial charge in [-0.2, -0.15) is 0 Å². The van der Waals surface area contributed by atoms with Crippen molar-refractivity contribution >= 4 is 41.7 Å². The van der Waals surface area contributed by atoms with Crippen molar-refractivity contribution < 1.29 is 28.8 Å². The molecule has 1 aromatic carbocycles. The van der Waals surface area contributed by atoms with E-state index in [-0.39, 0.29) is 11.8 Å². The highest BCUT2D eigenvalue weighted by Crippen LogP contribution is 2.36. The maximum Gasteiger partial charge on any atom is 0.498 e. The molecule has 12 heteroatoms. The summed E-state index contributed by atoms with van der Waals surface area (Å²) in [4.78, 5) is 48.1. The SMILES string of the molecule is C[C@@H](NC(=O)[C@H](Cc1ccc(-c2ncc(B3OC(C)(C)C(C)(C)O3)cn2)cc1)NC(=O)c1ccc(C(C)(C)C)s1)C(=O)O. The van der Waals surface area contributed by atoms with Crippen molar-refractivity contribution in [3.8, 4) is 11.4 Å². The summed E-state index contributed by atoms with van der Waals surface area (Å²) < 4.78 is 12.2. The van der Waals surface area contributed by atoms with Crippen LogP contribution in [-0.2, 0) is 30.7 Å². The van der Waals surface area contributed by atoms with E-state index < -0.39 is 48.2 Å². The standard InChI is InChI=1S/C31H39BN4O6S/c1-18(28(39)40)35-26(37)22(36-27(38)23-13-14-24(43-23)29(2,3)4)15-19-9-11-20(12-10-19)25-33-16-21(17-34-25)32-41-30(5,6)31(7,8)42-32/h9-14,16-18,22H,15H2,1-8H3,(H,35,37)(H,36,38)(H,39,40)/t18-,22+/m1/s1. The van der Waals surface area contributed by atoms with Crippen molar-refractivity contribution in [1.29, 1.82) is 0 Å². The molecule has 10 nitrogen and oxygen atoms in total. The largest absolute Gasteiger partial charge is 0.498 e. The number of hydrogen-bond donors (Lipinski definition) is 3. The van der Waals surface area contributed by atoms with Crippen molar-refractivity contribution in [3.05, 3.63) is 64.1 Å². The number of benzene rings is 1. The Labute approximate surface area is 256 Å². The molecule has 228 valence electrons. The minimum atomic E-state index is -1.17. The molecule has 1 saturated heterocycles. The number of nitrogens with one attached hydrogen (secondary N) is 2. The summed E-state index contributed by atoms with van der Waals surface area (Å²) >= 11 is 1.37. The van der Waals surface area contributed by atoms with E-state index in [1.54, 1.807) is 18.5 Å². The molecule has 3 aromatic rings. The van der Waals surface area contributed by atoms with Gasteiger partial charge >= 0.3 is 13.1 Å². The second-order valence-corrected chi connectivity index (χ2v) is 13.9. The summed E-state index contributed by atoms with van der Waals surface area (Å²) in [6.45, 7) is 15.5. The molecule has 43 heavy (non-hydrogen) atoms. The molecule has 0 saturated carbocycles. The molecular weight excluding hydrogens is 567 g/mol. The van der Waals surface area contributed by atoms with Crippen LogP contribution in [0.25, 0.3) is 11.4 Å². The summed E-state index contributed by atoms with van der Waals surface area (Å²) in [7, 11) is -0.558. The number of thiophene rings is 1. The first kappa shape index (κ1) is 32.3. The third-order valence-electron chi connectivity index (χ3n) is 7.77. The molecule has 0 spiro atoms. The van der Waals surface area contributed by atoms with Crippen LogP contribution >= 0.6 is 11.3 Å². The highest BCUT2D eigenvalue weighted by molar-refractivity contribution is 7.14. The summed E-state index contributed by atoms with van der Waals surface area (Å²) in [6, 6.07) is 8.88. The molecule has 0 bridgehead atoms. The van der Waals surface area contributed by atoms with E-state index in [0.29, 0.717) is 10.7 Å². The van der Waals surface area contributed by atoms with Crippen LogP contribution in [0, 0.1) is 0 Å². The first-order valence-electron chi connectivity index (χ1n) is 14.2. The smallest absolute Gasteiger partial charge is 0.480 e. The highest BCUT2D eigenvalue weighted by Gasteiger charge is 2.52. The average Bonchev–Trinajstić information content (AvgIpc) is 3.51. The van der Waals surface area contributed by atoms with Gasteiger partial charge in [-0.05, 0) is 57.7 Å². The van der Waals surface area contributed by atoms with Crippen molar-refractivity contribution in [2.75, 3.05) is 0 Å². The Kier molecular flexibility index (Phi) is 9.15. The van der Waals surface area contributed by atoms with Gasteiger partial charge in [-0.3, -0.25) is 14.4 Å². The Morgan fingerprint density at radius 1 is 0.953 bits per heavy atom. The minimum absolute atomic E-state index is 0.116. The molecule has 4 rings (SSSR count). The Morgan fingerprint density at radius 3 is 2.05 bits per heavy atom. The molecule has 1 aliphatic rings. The van der Waals surface area contributed by atoms with Crippen LogP contribution in [0.5, 0.6) is 0 Å². The lowest BCUT2D eigenvalue weighted by atomic mass is 9.81. The zero-order chi connectivity index (χ0) is 31.7. The lowest BCUT2D eigenvalue weighted by Crippen LogP contribution is -2.51. The number of carbonyl (C=O) groups excluding carboxylic acids is 2. The van der Waals surface area contributed by atoms with Gasteiger partial charge in [0.2, 0.25) is 5.91 Å². The van der Waals surface area contributed by atoms with Crippen LogP contribution in [0.2, 0.25) is 0 Å². The zero-order valence-corrected chi connectivity index (χ0v) is 26.7. The van der Waals surface area contributed by atoms with E-state index in [2.05, 4.69) is 41.4 Å². The molecule has 2 amide bonds. The number of hydrogen-bond acceptors (Lipinski definition) is 8.